The SMILES string of the molecule is Cc1c(-c2ccc(CN3CC[C@@H](c4ccccc4)C3)c(F)c2)cccc1-c1cccc(-c2nc3cc(CN4CCCC4C(=O)O)c(OC(F)F)cc3o2)c1C. The Morgan fingerprint density at radius 2 is 1.58 bits per heavy atom. The van der Waals surface area contributed by atoms with Crippen LogP contribution in [0.2, 0.25) is 0 Å². The standard InChI is InChI=1S/C45H42F3N3O4/c1-27-34(30-16-17-32(38(46)21-30)25-50-20-18-31(24-50)29-9-4-3-5-10-29)11-6-12-35(27)36-13-7-14-37(28(36)2)43-49-39-22-33(26-51-19-8-15-40(51)44(52)53)41(55-45(47)48)23-42(39)54-43/h3-7,9-14,16-17,21-23,31,40,45H,8,15,18-20,24-26H2,1-2H3,(H,52,53)/t31-,40?/m1/s1. The van der Waals surface area contributed by atoms with Gasteiger partial charge in [-0.05, 0) is 109 Å². The van der Waals surface area contributed by atoms with Crippen molar-refractivity contribution in [2.45, 2.75) is 64.8 Å². The Labute approximate surface area is 318 Å². The van der Waals surface area contributed by atoms with Gasteiger partial charge in [-0.1, -0.05) is 72.8 Å². The molecule has 2 atom stereocenters. The molecule has 8 rings (SSSR count). The number of hydrogen-bond donors (Lipinski definition) is 1. The maximum absolute atomic E-state index is 15.7. The van der Waals surface area contributed by atoms with E-state index in [-0.39, 0.29) is 23.7 Å². The number of benzene rings is 5. The summed E-state index contributed by atoms with van der Waals surface area (Å²) in [7, 11) is 0. The molecule has 5 aromatic carbocycles. The second-order valence-electron chi connectivity index (χ2n) is 14.7. The molecule has 10 heteroatoms. The van der Waals surface area contributed by atoms with Crippen LogP contribution in [0, 0.1) is 19.7 Å². The van der Waals surface area contributed by atoms with Gasteiger partial charge in [-0.2, -0.15) is 8.78 Å². The highest BCUT2D eigenvalue weighted by molar-refractivity contribution is 5.85. The average molecular weight is 746 g/mol. The number of carboxylic acid groups (broad SMARTS) is 1. The molecule has 2 aliphatic rings. The summed E-state index contributed by atoms with van der Waals surface area (Å²) in [4.78, 5) is 20.6. The van der Waals surface area contributed by atoms with Crippen molar-refractivity contribution in [1.29, 1.82) is 0 Å². The third-order valence-electron chi connectivity index (χ3n) is 11.3. The summed E-state index contributed by atoms with van der Waals surface area (Å²) in [5.41, 5.74) is 9.47. The maximum atomic E-state index is 15.7. The predicted octanol–water partition coefficient (Wildman–Crippen LogP) is 10.2. The number of fused-ring (bicyclic) bond motifs is 1. The molecule has 0 bridgehead atoms. The molecule has 6 aromatic rings. The van der Waals surface area contributed by atoms with Crippen molar-refractivity contribution in [3.05, 3.63) is 131 Å². The van der Waals surface area contributed by atoms with Crippen molar-refractivity contribution >= 4 is 17.1 Å². The second kappa shape index (κ2) is 15.4. The van der Waals surface area contributed by atoms with Gasteiger partial charge in [0.15, 0.2) is 5.58 Å². The number of carboxylic acids is 1. The number of likely N-dealkylation sites (tertiary alicyclic amines) is 2. The molecule has 282 valence electrons. The van der Waals surface area contributed by atoms with Crippen LogP contribution in [0.4, 0.5) is 13.2 Å². The molecule has 0 saturated carbocycles. The lowest BCUT2D eigenvalue weighted by molar-refractivity contribution is -0.142. The minimum atomic E-state index is -3.07. The summed E-state index contributed by atoms with van der Waals surface area (Å²) in [6, 6.07) is 30.3. The highest BCUT2D eigenvalue weighted by Crippen LogP contribution is 2.39. The molecule has 0 radical (unpaired) electrons. The van der Waals surface area contributed by atoms with Gasteiger partial charge in [-0.25, -0.2) is 9.37 Å². The summed E-state index contributed by atoms with van der Waals surface area (Å²) in [6.45, 7) is 4.04. The number of oxazole rings is 1. The fourth-order valence-corrected chi connectivity index (χ4v) is 8.41. The lowest BCUT2D eigenvalue weighted by Crippen LogP contribution is -2.35. The Kier molecular flexibility index (Phi) is 10.2. The van der Waals surface area contributed by atoms with E-state index in [0.717, 1.165) is 58.5 Å². The highest BCUT2D eigenvalue weighted by atomic mass is 19.3. The van der Waals surface area contributed by atoms with Crippen molar-refractivity contribution < 1.29 is 32.2 Å². The van der Waals surface area contributed by atoms with Crippen LogP contribution in [0.3, 0.4) is 0 Å². The Morgan fingerprint density at radius 1 is 0.855 bits per heavy atom. The van der Waals surface area contributed by atoms with Gasteiger partial charge in [0.05, 0.1) is 0 Å². The number of nitrogens with zero attached hydrogens (tertiary/aromatic N) is 3. The van der Waals surface area contributed by atoms with Crippen molar-refractivity contribution in [1.82, 2.24) is 14.8 Å². The van der Waals surface area contributed by atoms with Gasteiger partial charge < -0.3 is 14.3 Å². The van der Waals surface area contributed by atoms with Crippen LogP contribution in [0.5, 0.6) is 5.75 Å². The first-order valence-corrected chi connectivity index (χ1v) is 18.7. The third kappa shape index (κ3) is 7.49. The molecule has 55 heavy (non-hydrogen) atoms. The molecular formula is C45H42F3N3O4. The molecule has 2 aliphatic heterocycles. The number of alkyl halides is 2. The van der Waals surface area contributed by atoms with Crippen LogP contribution in [-0.2, 0) is 17.9 Å². The van der Waals surface area contributed by atoms with Crippen LogP contribution in [0.1, 0.15) is 53.0 Å². The van der Waals surface area contributed by atoms with Gasteiger partial charge in [0, 0.05) is 42.4 Å². The zero-order valence-corrected chi connectivity index (χ0v) is 30.8. The second-order valence-corrected chi connectivity index (χ2v) is 14.7. The van der Waals surface area contributed by atoms with Crippen LogP contribution >= 0.6 is 0 Å². The first kappa shape index (κ1) is 36.5. The van der Waals surface area contributed by atoms with Gasteiger partial charge in [0.2, 0.25) is 5.89 Å². The zero-order chi connectivity index (χ0) is 38.2. The molecule has 2 saturated heterocycles. The number of aromatic nitrogens is 1. The Balaban J connectivity index is 1.05. The molecule has 0 aliphatic carbocycles. The molecule has 0 amide bonds. The largest absolute Gasteiger partial charge is 0.480 e. The van der Waals surface area contributed by atoms with E-state index in [1.54, 1.807) is 17.0 Å². The summed E-state index contributed by atoms with van der Waals surface area (Å²) in [5, 5.41) is 9.66. The molecular weight excluding hydrogens is 704 g/mol. The van der Waals surface area contributed by atoms with Crippen LogP contribution in [0.25, 0.3) is 44.8 Å². The average Bonchev–Trinajstić information content (AvgIpc) is 3.94. The molecule has 3 heterocycles. The number of rotatable bonds is 11. The first-order chi connectivity index (χ1) is 26.6. The predicted molar refractivity (Wildman–Crippen MR) is 207 cm³/mol. The molecule has 7 nitrogen and oxygen atoms in total. The molecule has 1 N–H and O–H groups in total. The number of halogens is 3. The maximum Gasteiger partial charge on any atom is 0.387 e. The van der Waals surface area contributed by atoms with Crippen molar-refractivity contribution in [2.24, 2.45) is 0 Å². The fourth-order valence-electron chi connectivity index (χ4n) is 8.41. The molecule has 1 aromatic heterocycles. The number of hydrogen-bond acceptors (Lipinski definition) is 6. The van der Waals surface area contributed by atoms with Gasteiger partial charge in [0.25, 0.3) is 0 Å². The summed E-state index contributed by atoms with van der Waals surface area (Å²) < 4.78 is 53.7. The van der Waals surface area contributed by atoms with Gasteiger partial charge in [-0.15, -0.1) is 0 Å². The van der Waals surface area contributed by atoms with Gasteiger partial charge in [0.1, 0.15) is 23.1 Å². The van der Waals surface area contributed by atoms with Crippen molar-refractivity contribution in [3.63, 3.8) is 0 Å². The smallest absolute Gasteiger partial charge is 0.387 e. The van der Waals surface area contributed by atoms with Crippen LogP contribution < -0.4 is 4.74 Å². The minimum absolute atomic E-state index is 0.0728. The Bertz CT molecular complexity index is 2360. The normalized spacial score (nSPS) is 17.8. The van der Waals surface area contributed by atoms with Crippen LogP contribution in [-0.4, -0.2) is 58.1 Å². The third-order valence-corrected chi connectivity index (χ3v) is 11.3. The summed E-state index contributed by atoms with van der Waals surface area (Å²) in [5.74, 6) is -0.445. The lowest BCUT2D eigenvalue weighted by Gasteiger charge is -2.22. The van der Waals surface area contributed by atoms with Crippen molar-refractivity contribution in [3.8, 4) is 39.5 Å². The van der Waals surface area contributed by atoms with E-state index in [9.17, 15) is 18.7 Å². The zero-order valence-electron chi connectivity index (χ0n) is 30.8. The quantitative estimate of drug-likeness (QED) is 0.141. The van der Waals surface area contributed by atoms with E-state index in [2.05, 4.69) is 29.2 Å². The van der Waals surface area contributed by atoms with E-state index < -0.39 is 18.6 Å². The van der Waals surface area contributed by atoms with Crippen LogP contribution in [0.15, 0.2) is 101 Å². The topological polar surface area (TPSA) is 79.0 Å². The van der Waals surface area contributed by atoms with Gasteiger partial charge in [-0.3, -0.25) is 14.6 Å². The Hall–Kier alpha value is -5.45. The molecule has 2 fully saturated rings. The first-order valence-electron chi connectivity index (χ1n) is 18.7. The van der Waals surface area contributed by atoms with E-state index in [4.69, 9.17) is 14.1 Å². The molecule has 0 spiro atoms. The minimum Gasteiger partial charge on any atom is -0.480 e. The van der Waals surface area contributed by atoms with E-state index in [0.29, 0.717) is 54.4 Å². The summed E-state index contributed by atoms with van der Waals surface area (Å²) in [6.07, 6.45) is 2.26. The van der Waals surface area contributed by atoms with E-state index >= 15 is 4.39 Å². The highest BCUT2D eigenvalue weighted by Gasteiger charge is 2.32. The van der Waals surface area contributed by atoms with Gasteiger partial charge >= 0.3 is 12.6 Å². The van der Waals surface area contributed by atoms with Crippen molar-refractivity contribution in [2.75, 3.05) is 19.6 Å². The monoisotopic (exact) mass is 745 g/mol. The van der Waals surface area contributed by atoms with E-state index in [1.165, 1.54) is 11.6 Å². The number of ether oxygens (including phenoxy) is 1. The number of carbonyl (C=O) groups is 1. The molecule has 1 unspecified atom stereocenters. The van der Waals surface area contributed by atoms with E-state index in [1.807, 2.05) is 68.4 Å². The summed E-state index contributed by atoms with van der Waals surface area (Å²) >= 11 is 0. The lowest BCUT2D eigenvalue weighted by atomic mass is 9.89. The Morgan fingerprint density at radius 3 is 2.31 bits per heavy atom. The fraction of sp³-hybridized carbons (Fsp3) is 0.289. The number of aliphatic carboxylic acids is 1.